The average Bonchev–Trinajstić information content (AvgIpc) is 2.19. The van der Waals surface area contributed by atoms with Gasteiger partial charge in [0.1, 0.15) is 5.84 Å². The quantitative estimate of drug-likeness (QED) is 0.687. The van der Waals surface area contributed by atoms with Crippen molar-refractivity contribution in [3.63, 3.8) is 0 Å². The number of anilines is 1. The van der Waals surface area contributed by atoms with Crippen LogP contribution in [0.25, 0.3) is 0 Å². The molecule has 14 heavy (non-hydrogen) atoms. The first-order valence-electron chi connectivity index (χ1n) is 4.96. The molecule has 3 nitrogen and oxygen atoms in total. The highest BCUT2D eigenvalue weighted by atomic mass is 15.0. The summed E-state index contributed by atoms with van der Waals surface area (Å²) in [6, 6.07) is 7.96. The van der Waals surface area contributed by atoms with E-state index < -0.39 is 0 Å². The molecule has 1 aliphatic heterocycles. The lowest BCUT2D eigenvalue weighted by atomic mass is 10.1. The van der Waals surface area contributed by atoms with Gasteiger partial charge < -0.3 is 11.1 Å². The molecule has 3 N–H and O–H groups in total. The Labute approximate surface area is 84.0 Å². The lowest BCUT2D eigenvalue weighted by Crippen LogP contribution is -2.30. The number of benzene rings is 1. The van der Waals surface area contributed by atoms with Crippen LogP contribution in [0, 0.1) is 0 Å². The van der Waals surface area contributed by atoms with Crippen LogP contribution >= 0.6 is 0 Å². The number of hydrogen-bond donors (Lipinski definition) is 2. The zero-order chi connectivity index (χ0) is 9.80. The maximum absolute atomic E-state index is 5.70. The Balaban J connectivity index is 2.06. The summed E-state index contributed by atoms with van der Waals surface area (Å²) in [5.41, 5.74) is 7.74. The molecule has 0 saturated heterocycles. The first-order chi connectivity index (χ1) is 6.84. The molecule has 0 bridgehead atoms. The Morgan fingerprint density at radius 1 is 1.43 bits per heavy atom. The number of nitrogen functional groups attached to an aromatic ring is 1. The molecular formula is C11H15N3. The Morgan fingerprint density at radius 2 is 2.36 bits per heavy atom. The molecule has 1 aromatic carbocycles. The zero-order valence-electron chi connectivity index (χ0n) is 8.16. The van der Waals surface area contributed by atoms with Crippen molar-refractivity contribution in [2.75, 3.05) is 18.8 Å². The molecule has 3 heteroatoms. The highest BCUT2D eigenvalue weighted by Crippen LogP contribution is 2.08. The summed E-state index contributed by atoms with van der Waals surface area (Å²) in [5, 5.41) is 3.30. The highest BCUT2D eigenvalue weighted by molar-refractivity contribution is 5.85. The maximum Gasteiger partial charge on any atom is 0.101 e. The van der Waals surface area contributed by atoms with Gasteiger partial charge in [0.25, 0.3) is 0 Å². The smallest absolute Gasteiger partial charge is 0.101 e. The van der Waals surface area contributed by atoms with Crippen LogP contribution in [0.4, 0.5) is 5.69 Å². The predicted octanol–water partition coefficient (Wildman–Crippen LogP) is 1.20. The molecule has 1 aromatic rings. The summed E-state index contributed by atoms with van der Waals surface area (Å²) in [4.78, 5) is 4.42. The predicted molar refractivity (Wildman–Crippen MR) is 59.5 cm³/mol. The molecule has 0 radical (unpaired) electrons. The van der Waals surface area contributed by atoms with Gasteiger partial charge in [-0.15, -0.1) is 0 Å². The molecule has 0 amide bonds. The van der Waals surface area contributed by atoms with Crippen LogP contribution in [0.1, 0.15) is 12.0 Å². The van der Waals surface area contributed by atoms with E-state index in [1.54, 1.807) is 0 Å². The summed E-state index contributed by atoms with van der Waals surface area (Å²) in [6.07, 6.45) is 2.01. The molecule has 1 heterocycles. The van der Waals surface area contributed by atoms with Gasteiger partial charge in [0.15, 0.2) is 0 Å². The molecule has 0 atom stereocenters. The molecule has 74 valence electrons. The van der Waals surface area contributed by atoms with Gasteiger partial charge in [-0.1, -0.05) is 12.1 Å². The van der Waals surface area contributed by atoms with E-state index in [2.05, 4.69) is 16.4 Å². The molecule has 0 unspecified atom stereocenters. The Hall–Kier alpha value is -1.51. The first kappa shape index (κ1) is 9.06. The fraction of sp³-hybridized carbons (Fsp3) is 0.364. The Morgan fingerprint density at radius 3 is 3.07 bits per heavy atom. The number of hydrogen-bond acceptors (Lipinski definition) is 3. The van der Waals surface area contributed by atoms with Crippen molar-refractivity contribution in [1.82, 2.24) is 5.32 Å². The monoisotopic (exact) mass is 189 g/mol. The van der Waals surface area contributed by atoms with Crippen LogP contribution in [0.2, 0.25) is 0 Å². The fourth-order valence-corrected chi connectivity index (χ4v) is 1.60. The van der Waals surface area contributed by atoms with E-state index in [-0.39, 0.29) is 0 Å². The van der Waals surface area contributed by atoms with E-state index in [9.17, 15) is 0 Å². The minimum Gasteiger partial charge on any atom is -0.399 e. The largest absolute Gasteiger partial charge is 0.399 e. The van der Waals surface area contributed by atoms with Gasteiger partial charge in [-0.25, -0.2) is 0 Å². The summed E-state index contributed by atoms with van der Waals surface area (Å²) in [7, 11) is 0. The SMILES string of the molecule is Nc1cccc(CC2=NCCCN2)c1. The Kier molecular flexibility index (Phi) is 2.68. The van der Waals surface area contributed by atoms with Crippen molar-refractivity contribution >= 4 is 11.5 Å². The van der Waals surface area contributed by atoms with Gasteiger partial charge in [-0.05, 0) is 24.1 Å². The van der Waals surface area contributed by atoms with Crippen molar-refractivity contribution in [1.29, 1.82) is 0 Å². The summed E-state index contributed by atoms with van der Waals surface area (Å²) < 4.78 is 0. The second-order valence-corrected chi connectivity index (χ2v) is 3.53. The van der Waals surface area contributed by atoms with E-state index in [1.165, 1.54) is 5.56 Å². The second kappa shape index (κ2) is 4.13. The van der Waals surface area contributed by atoms with Crippen LogP contribution < -0.4 is 11.1 Å². The van der Waals surface area contributed by atoms with Crippen molar-refractivity contribution in [3.05, 3.63) is 29.8 Å². The first-order valence-corrected chi connectivity index (χ1v) is 4.96. The molecule has 0 saturated carbocycles. The van der Waals surface area contributed by atoms with Crippen LogP contribution in [0.3, 0.4) is 0 Å². The zero-order valence-corrected chi connectivity index (χ0v) is 8.16. The van der Waals surface area contributed by atoms with Gasteiger partial charge in [0.2, 0.25) is 0 Å². The van der Waals surface area contributed by atoms with E-state index in [0.717, 1.165) is 37.5 Å². The van der Waals surface area contributed by atoms with Gasteiger partial charge in [-0.3, -0.25) is 4.99 Å². The lowest BCUT2D eigenvalue weighted by molar-refractivity contribution is 0.731. The summed E-state index contributed by atoms with van der Waals surface area (Å²) >= 11 is 0. The van der Waals surface area contributed by atoms with Crippen LogP contribution in [0.5, 0.6) is 0 Å². The van der Waals surface area contributed by atoms with E-state index in [0.29, 0.717) is 0 Å². The molecule has 0 aromatic heterocycles. The molecule has 2 rings (SSSR count). The van der Waals surface area contributed by atoms with Crippen molar-refractivity contribution < 1.29 is 0 Å². The number of nitrogens with one attached hydrogen (secondary N) is 1. The standard InChI is InChI=1S/C11H15N3/c12-10-4-1-3-9(7-10)8-11-13-5-2-6-14-11/h1,3-4,7H,2,5-6,8,12H2,(H,13,14). The van der Waals surface area contributed by atoms with Crippen molar-refractivity contribution in [2.24, 2.45) is 4.99 Å². The number of aliphatic imine (C=N–C) groups is 1. The maximum atomic E-state index is 5.70. The number of rotatable bonds is 2. The van der Waals surface area contributed by atoms with Gasteiger partial charge in [0.05, 0.1) is 0 Å². The minimum atomic E-state index is 0.818. The Bertz CT molecular complexity index is 344. The minimum absolute atomic E-state index is 0.818. The van der Waals surface area contributed by atoms with Crippen molar-refractivity contribution in [2.45, 2.75) is 12.8 Å². The van der Waals surface area contributed by atoms with Crippen molar-refractivity contribution in [3.8, 4) is 0 Å². The molecule has 0 aliphatic carbocycles. The van der Waals surface area contributed by atoms with E-state index >= 15 is 0 Å². The fourth-order valence-electron chi connectivity index (χ4n) is 1.60. The van der Waals surface area contributed by atoms with E-state index in [1.807, 2.05) is 18.2 Å². The van der Waals surface area contributed by atoms with Gasteiger partial charge in [0, 0.05) is 25.2 Å². The third-order valence-corrected chi connectivity index (χ3v) is 2.29. The molecular weight excluding hydrogens is 174 g/mol. The number of amidine groups is 1. The van der Waals surface area contributed by atoms with E-state index in [4.69, 9.17) is 5.73 Å². The lowest BCUT2D eigenvalue weighted by Gasteiger charge is -2.14. The van der Waals surface area contributed by atoms with Crippen LogP contribution in [-0.2, 0) is 6.42 Å². The normalized spacial score (nSPS) is 15.9. The molecule has 0 spiro atoms. The number of nitrogens with two attached hydrogens (primary N) is 1. The summed E-state index contributed by atoms with van der Waals surface area (Å²) in [5.74, 6) is 1.09. The second-order valence-electron chi connectivity index (χ2n) is 3.53. The van der Waals surface area contributed by atoms with Gasteiger partial charge >= 0.3 is 0 Å². The van der Waals surface area contributed by atoms with Gasteiger partial charge in [-0.2, -0.15) is 0 Å². The van der Waals surface area contributed by atoms with Crippen LogP contribution in [0.15, 0.2) is 29.3 Å². The molecule has 1 aliphatic rings. The third-order valence-electron chi connectivity index (χ3n) is 2.29. The number of nitrogens with zero attached hydrogens (tertiary/aromatic N) is 1. The third kappa shape index (κ3) is 2.25. The highest BCUT2D eigenvalue weighted by Gasteiger charge is 2.04. The van der Waals surface area contributed by atoms with Crippen LogP contribution in [-0.4, -0.2) is 18.9 Å². The molecule has 0 fully saturated rings. The summed E-state index contributed by atoms with van der Waals surface area (Å²) in [6.45, 7) is 1.99. The topological polar surface area (TPSA) is 50.4 Å². The average molecular weight is 189 g/mol.